The standard InChI is InChI=1S/C15H26N4O4/c1-18(2)11-8-15(6-3-9-16-10-7-15)17-14(22)23-19-12(20)4-5-13(19)21/h16H,3-11H2,1-2H3,(H,17,22)/t15-/m0/s1. The molecule has 23 heavy (non-hydrogen) atoms. The number of carbonyl (C=O) groups excluding carboxylic acids is 3. The number of nitrogens with zero attached hydrogens (tertiary/aromatic N) is 2. The average molecular weight is 326 g/mol. The van der Waals surface area contributed by atoms with Gasteiger partial charge in [0, 0.05) is 18.4 Å². The number of nitrogens with one attached hydrogen (secondary N) is 2. The topological polar surface area (TPSA) is 91.0 Å². The van der Waals surface area contributed by atoms with Gasteiger partial charge in [0.05, 0.1) is 0 Å². The number of hydrogen-bond donors (Lipinski definition) is 2. The maximum absolute atomic E-state index is 12.2. The summed E-state index contributed by atoms with van der Waals surface area (Å²) >= 11 is 0. The number of hydroxylamine groups is 2. The monoisotopic (exact) mass is 326 g/mol. The molecule has 2 saturated heterocycles. The Hall–Kier alpha value is -1.67. The predicted molar refractivity (Wildman–Crippen MR) is 83.3 cm³/mol. The summed E-state index contributed by atoms with van der Waals surface area (Å²) < 4.78 is 0. The first-order valence-corrected chi connectivity index (χ1v) is 8.13. The molecule has 2 rings (SSSR count). The molecule has 3 amide bonds. The molecule has 0 spiro atoms. The van der Waals surface area contributed by atoms with Gasteiger partial charge in [-0.05, 0) is 59.4 Å². The molecule has 0 saturated carbocycles. The summed E-state index contributed by atoms with van der Waals surface area (Å²) in [5.41, 5.74) is -0.378. The fraction of sp³-hybridized carbons (Fsp3) is 0.800. The molecule has 0 aromatic rings. The Morgan fingerprint density at radius 1 is 1.26 bits per heavy atom. The predicted octanol–water partition coefficient (Wildman–Crippen LogP) is 0.241. The number of hydrogen-bond acceptors (Lipinski definition) is 6. The zero-order chi connectivity index (χ0) is 16.9. The van der Waals surface area contributed by atoms with E-state index in [1.54, 1.807) is 0 Å². The van der Waals surface area contributed by atoms with Crippen molar-refractivity contribution in [3.05, 3.63) is 0 Å². The van der Waals surface area contributed by atoms with Crippen molar-refractivity contribution in [2.75, 3.05) is 33.7 Å². The van der Waals surface area contributed by atoms with Gasteiger partial charge in [0.1, 0.15) is 0 Å². The lowest BCUT2D eigenvalue weighted by atomic mass is 9.87. The number of carbonyl (C=O) groups is 3. The van der Waals surface area contributed by atoms with Crippen LogP contribution in [0.3, 0.4) is 0 Å². The quantitative estimate of drug-likeness (QED) is 0.703. The molecule has 130 valence electrons. The van der Waals surface area contributed by atoms with Gasteiger partial charge in [-0.1, -0.05) is 0 Å². The minimum atomic E-state index is -0.728. The van der Waals surface area contributed by atoms with E-state index in [0.29, 0.717) is 5.06 Å². The van der Waals surface area contributed by atoms with Crippen molar-refractivity contribution in [3.8, 4) is 0 Å². The largest absolute Gasteiger partial charge is 0.432 e. The van der Waals surface area contributed by atoms with E-state index in [1.165, 1.54) is 0 Å². The van der Waals surface area contributed by atoms with E-state index in [1.807, 2.05) is 14.1 Å². The third kappa shape index (κ3) is 4.90. The second-order valence-electron chi connectivity index (χ2n) is 6.52. The van der Waals surface area contributed by atoms with Gasteiger partial charge in [-0.15, -0.1) is 5.06 Å². The van der Waals surface area contributed by atoms with E-state index in [2.05, 4.69) is 15.5 Å². The van der Waals surface area contributed by atoms with Crippen LogP contribution in [0.25, 0.3) is 0 Å². The van der Waals surface area contributed by atoms with Crippen molar-refractivity contribution in [1.82, 2.24) is 20.6 Å². The van der Waals surface area contributed by atoms with E-state index >= 15 is 0 Å². The highest BCUT2D eigenvalue weighted by Gasteiger charge is 2.37. The van der Waals surface area contributed by atoms with Crippen LogP contribution in [-0.4, -0.2) is 67.1 Å². The van der Waals surface area contributed by atoms with Crippen LogP contribution >= 0.6 is 0 Å². The molecule has 2 heterocycles. The highest BCUT2D eigenvalue weighted by Crippen LogP contribution is 2.24. The number of amides is 3. The Morgan fingerprint density at radius 3 is 2.61 bits per heavy atom. The van der Waals surface area contributed by atoms with Gasteiger partial charge < -0.3 is 20.4 Å². The third-order valence-corrected chi connectivity index (χ3v) is 4.37. The zero-order valence-corrected chi connectivity index (χ0v) is 13.9. The lowest BCUT2D eigenvalue weighted by Gasteiger charge is -2.34. The van der Waals surface area contributed by atoms with Crippen molar-refractivity contribution in [3.63, 3.8) is 0 Å². The molecule has 0 unspecified atom stereocenters. The fourth-order valence-corrected chi connectivity index (χ4v) is 2.98. The van der Waals surface area contributed by atoms with E-state index in [9.17, 15) is 14.4 Å². The summed E-state index contributed by atoms with van der Waals surface area (Å²) in [6.45, 7) is 2.57. The average Bonchev–Trinajstić information content (AvgIpc) is 2.70. The molecule has 2 aliphatic rings. The second kappa shape index (κ2) is 7.74. The first kappa shape index (κ1) is 17.7. The van der Waals surface area contributed by atoms with Crippen molar-refractivity contribution in [1.29, 1.82) is 0 Å². The van der Waals surface area contributed by atoms with E-state index < -0.39 is 17.9 Å². The van der Waals surface area contributed by atoms with Gasteiger partial charge in [0.2, 0.25) is 0 Å². The van der Waals surface area contributed by atoms with E-state index in [0.717, 1.165) is 45.3 Å². The molecule has 0 aliphatic carbocycles. The van der Waals surface area contributed by atoms with Crippen LogP contribution in [0, 0.1) is 0 Å². The maximum Gasteiger partial charge on any atom is 0.432 e. The third-order valence-electron chi connectivity index (χ3n) is 4.37. The first-order valence-electron chi connectivity index (χ1n) is 8.13. The molecule has 0 aromatic heterocycles. The summed E-state index contributed by atoms with van der Waals surface area (Å²) in [6.07, 6.45) is 2.84. The van der Waals surface area contributed by atoms with Crippen LogP contribution in [0.4, 0.5) is 4.79 Å². The summed E-state index contributed by atoms with van der Waals surface area (Å²) in [7, 11) is 3.98. The minimum Gasteiger partial charge on any atom is -0.317 e. The van der Waals surface area contributed by atoms with Gasteiger partial charge >= 0.3 is 6.09 Å². The molecular weight excluding hydrogens is 300 g/mol. The molecule has 2 N–H and O–H groups in total. The molecule has 1 atom stereocenters. The van der Waals surface area contributed by atoms with Crippen molar-refractivity contribution in [2.45, 2.75) is 44.1 Å². The Morgan fingerprint density at radius 2 is 1.96 bits per heavy atom. The van der Waals surface area contributed by atoms with E-state index in [4.69, 9.17) is 4.84 Å². The first-order chi connectivity index (χ1) is 10.9. The molecule has 2 fully saturated rings. The summed E-state index contributed by atoms with van der Waals surface area (Å²) in [5.74, 6) is -0.926. The van der Waals surface area contributed by atoms with Crippen LogP contribution in [0.2, 0.25) is 0 Å². The summed E-state index contributed by atoms with van der Waals surface area (Å²) in [4.78, 5) is 42.3. The Labute approximate surface area is 136 Å². The zero-order valence-electron chi connectivity index (χ0n) is 13.9. The van der Waals surface area contributed by atoms with Gasteiger partial charge in [0.15, 0.2) is 0 Å². The van der Waals surface area contributed by atoms with Gasteiger partial charge in [-0.2, -0.15) is 0 Å². The SMILES string of the molecule is CN(C)CC[C@]1(NC(=O)ON2C(=O)CCC2=O)CCCNCC1. The van der Waals surface area contributed by atoms with Gasteiger partial charge in [-0.25, -0.2) is 4.79 Å². The smallest absolute Gasteiger partial charge is 0.317 e. The lowest BCUT2D eigenvalue weighted by Crippen LogP contribution is -2.52. The molecule has 0 radical (unpaired) electrons. The molecule has 0 aromatic carbocycles. The van der Waals surface area contributed by atoms with Crippen molar-refractivity contribution >= 4 is 17.9 Å². The van der Waals surface area contributed by atoms with Gasteiger partial charge in [0.25, 0.3) is 11.8 Å². The fourth-order valence-electron chi connectivity index (χ4n) is 2.98. The van der Waals surface area contributed by atoms with Crippen LogP contribution in [0.15, 0.2) is 0 Å². The molecule has 2 aliphatic heterocycles. The minimum absolute atomic E-state index is 0.0990. The van der Waals surface area contributed by atoms with Gasteiger partial charge in [-0.3, -0.25) is 9.59 Å². The van der Waals surface area contributed by atoms with Crippen LogP contribution in [0.5, 0.6) is 0 Å². The maximum atomic E-state index is 12.2. The normalized spacial score (nSPS) is 25.6. The Bertz CT molecular complexity index is 442. The Kier molecular flexibility index (Phi) is 5.95. The molecule has 8 nitrogen and oxygen atoms in total. The second-order valence-corrected chi connectivity index (χ2v) is 6.52. The molecular formula is C15H26N4O4. The highest BCUT2D eigenvalue weighted by atomic mass is 16.7. The van der Waals surface area contributed by atoms with Crippen LogP contribution < -0.4 is 10.6 Å². The van der Waals surface area contributed by atoms with Crippen LogP contribution in [-0.2, 0) is 14.4 Å². The van der Waals surface area contributed by atoms with Crippen molar-refractivity contribution < 1.29 is 19.2 Å². The summed E-state index contributed by atoms with van der Waals surface area (Å²) in [5, 5.41) is 6.83. The van der Waals surface area contributed by atoms with E-state index in [-0.39, 0.29) is 18.4 Å². The number of imide groups is 1. The number of rotatable bonds is 5. The molecule has 8 heteroatoms. The lowest BCUT2D eigenvalue weighted by molar-refractivity contribution is -0.172. The summed E-state index contributed by atoms with van der Waals surface area (Å²) in [6, 6.07) is 0. The van der Waals surface area contributed by atoms with Crippen molar-refractivity contribution in [2.24, 2.45) is 0 Å². The molecule has 0 bridgehead atoms. The highest BCUT2D eigenvalue weighted by molar-refractivity contribution is 6.01. The van der Waals surface area contributed by atoms with Crippen LogP contribution in [0.1, 0.15) is 38.5 Å². The Balaban J connectivity index is 1.99.